The SMILES string of the molecule is Cn1c(=O)oc2cc(C(N)c3cc(Br)ccc3Cl)ccc21. The van der Waals surface area contributed by atoms with Crippen LogP contribution < -0.4 is 11.5 Å². The van der Waals surface area contributed by atoms with Gasteiger partial charge in [-0.25, -0.2) is 4.79 Å². The van der Waals surface area contributed by atoms with Gasteiger partial charge < -0.3 is 10.2 Å². The van der Waals surface area contributed by atoms with Crippen molar-refractivity contribution in [2.75, 3.05) is 0 Å². The van der Waals surface area contributed by atoms with Gasteiger partial charge in [0.15, 0.2) is 5.58 Å². The van der Waals surface area contributed by atoms with Crippen molar-refractivity contribution in [1.82, 2.24) is 4.57 Å². The summed E-state index contributed by atoms with van der Waals surface area (Å²) in [4.78, 5) is 11.5. The van der Waals surface area contributed by atoms with Gasteiger partial charge in [0, 0.05) is 16.5 Å². The molecule has 0 aliphatic carbocycles. The zero-order valence-corrected chi connectivity index (χ0v) is 13.5. The molecular weight excluding hydrogens is 356 g/mol. The maximum Gasteiger partial charge on any atom is 0.419 e. The number of aromatic nitrogens is 1. The Hall–Kier alpha value is -1.56. The number of rotatable bonds is 2. The molecule has 1 atom stereocenters. The highest BCUT2D eigenvalue weighted by Gasteiger charge is 2.15. The molecule has 3 rings (SSSR count). The third-order valence-corrected chi connectivity index (χ3v) is 4.31. The molecular formula is C15H12BrClN2O2. The van der Waals surface area contributed by atoms with Gasteiger partial charge in [0.25, 0.3) is 0 Å². The number of nitrogens with zero attached hydrogens (tertiary/aromatic N) is 1. The zero-order chi connectivity index (χ0) is 15.1. The van der Waals surface area contributed by atoms with Crippen molar-refractivity contribution in [2.24, 2.45) is 12.8 Å². The van der Waals surface area contributed by atoms with Crippen molar-refractivity contribution in [3.63, 3.8) is 0 Å². The molecule has 3 aromatic rings. The van der Waals surface area contributed by atoms with Crippen LogP contribution in [0.1, 0.15) is 17.2 Å². The average Bonchev–Trinajstić information content (AvgIpc) is 2.75. The normalized spacial score (nSPS) is 12.8. The van der Waals surface area contributed by atoms with Gasteiger partial charge in [0.05, 0.1) is 11.6 Å². The zero-order valence-electron chi connectivity index (χ0n) is 11.1. The van der Waals surface area contributed by atoms with Gasteiger partial charge in [-0.3, -0.25) is 4.57 Å². The number of hydrogen-bond acceptors (Lipinski definition) is 3. The molecule has 4 nitrogen and oxygen atoms in total. The monoisotopic (exact) mass is 366 g/mol. The van der Waals surface area contributed by atoms with Gasteiger partial charge in [0.2, 0.25) is 0 Å². The number of aryl methyl sites for hydroxylation is 1. The van der Waals surface area contributed by atoms with E-state index in [0.717, 1.165) is 21.1 Å². The van der Waals surface area contributed by atoms with Gasteiger partial charge in [-0.05, 0) is 41.5 Å². The van der Waals surface area contributed by atoms with E-state index in [1.54, 1.807) is 19.2 Å². The largest absolute Gasteiger partial charge is 0.419 e. The molecule has 0 amide bonds. The van der Waals surface area contributed by atoms with Crippen LogP contribution in [-0.4, -0.2) is 4.57 Å². The molecule has 1 unspecified atom stereocenters. The summed E-state index contributed by atoms with van der Waals surface area (Å²) in [7, 11) is 1.67. The third-order valence-electron chi connectivity index (χ3n) is 3.47. The second-order valence-electron chi connectivity index (χ2n) is 4.80. The van der Waals surface area contributed by atoms with E-state index in [9.17, 15) is 4.79 Å². The molecule has 0 radical (unpaired) electrons. The first-order valence-electron chi connectivity index (χ1n) is 6.27. The summed E-state index contributed by atoms with van der Waals surface area (Å²) in [5.74, 6) is -0.392. The standard InChI is InChI=1S/C15H12BrClN2O2/c1-19-12-5-2-8(6-13(12)21-15(19)20)14(18)10-7-9(16)3-4-11(10)17/h2-7,14H,18H2,1H3. The molecule has 0 spiro atoms. The molecule has 0 bridgehead atoms. The van der Waals surface area contributed by atoms with Crippen LogP contribution in [0.15, 0.2) is 50.1 Å². The van der Waals surface area contributed by atoms with Crippen molar-refractivity contribution in [3.05, 3.63) is 67.6 Å². The minimum atomic E-state index is -0.398. The lowest BCUT2D eigenvalue weighted by atomic mass is 9.99. The number of fused-ring (bicyclic) bond motifs is 1. The third kappa shape index (κ3) is 2.52. The summed E-state index contributed by atoms with van der Waals surface area (Å²) < 4.78 is 7.55. The highest BCUT2D eigenvalue weighted by Crippen LogP contribution is 2.30. The Bertz CT molecular complexity index is 885. The lowest BCUT2D eigenvalue weighted by molar-refractivity contribution is 0.527. The molecule has 1 aromatic heterocycles. The van der Waals surface area contributed by atoms with Crippen molar-refractivity contribution >= 4 is 38.6 Å². The van der Waals surface area contributed by atoms with E-state index in [1.807, 2.05) is 24.3 Å². The number of nitrogens with two attached hydrogens (primary N) is 1. The Kier molecular flexibility index (Phi) is 3.65. The lowest BCUT2D eigenvalue weighted by Gasteiger charge is -2.14. The quantitative estimate of drug-likeness (QED) is 0.753. The molecule has 0 saturated heterocycles. The molecule has 2 aromatic carbocycles. The van der Waals surface area contributed by atoms with Crippen LogP contribution >= 0.6 is 27.5 Å². The van der Waals surface area contributed by atoms with Crippen LogP contribution in [0.5, 0.6) is 0 Å². The van der Waals surface area contributed by atoms with Crippen LogP contribution in [0, 0.1) is 0 Å². The molecule has 0 aliphatic heterocycles. The predicted molar refractivity (Wildman–Crippen MR) is 86.6 cm³/mol. The first-order chi connectivity index (χ1) is 9.97. The Morgan fingerprint density at radius 1 is 1.29 bits per heavy atom. The van der Waals surface area contributed by atoms with Crippen molar-refractivity contribution in [2.45, 2.75) is 6.04 Å². The second kappa shape index (κ2) is 5.33. The highest BCUT2D eigenvalue weighted by molar-refractivity contribution is 9.10. The van der Waals surface area contributed by atoms with Crippen molar-refractivity contribution < 1.29 is 4.42 Å². The minimum absolute atomic E-state index is 0.392. The number of benzene rings is 2. The molecule has 0 aliphatic rings. The Morgan fingerprint density at radius 2 is 2.05 bits per heavy atom. The summed E-state index contributed by atoms with van der Waals surface area (Å²) in [6.45, 7) is 0. The van der Waals surface area contributed by atoms with Gasteiger partial charge in [-0.15, -0.1) is 0 Å². The topological polar surface area (TPSA) is 61.2 Å². The maximum atomic E-state index is 11.5. The van der Waals surface area contributed by atoms with E-state index < -0.39 is 11.8 Å². The molecule has 0 fully saturated rings. The van der Waals surface area contributed by atoms with E-state index in [4.69, 9.17) is 21.8 Å². The predicted octanol–water partition coefficient (Wildman–Crippen LogP) is 3.60. The van der Waals surface area contributed by atoms with Crippen molar-refractivity contribution in [3.8, 4) is 0 Å². The Morgan fingerprint density at radius 3 is 2.81 bits per heavy atom. The van der Waals surface area contributed by atoms with Gasteiger partial charge in [-0.1, -0.05) is 33.6 Å². The number of halogens is 2. The summed E-state index contributed by atoms with van der Waals surface area (Å²) >= 11 is 9.62. The summed E-state index contributed by atoms with van der Waals surface area (Å²) in [6.07, 6.45) is 0. The summed E-state index contributed by atoms with van der Waals surface area (Å²) in [5.41, 5.74) is 9.18. The molecule has 0 saturated carbocycles. The van der Waals surface area contributed by atoms with Crippen LogP contribution in [0.4, 0.5) is 0 Å². The summed E-state index contributed by atoms with van der Waals surface area (Å²) in [6, 6.07) is 10.6. The van der Waals surface area contributed by atoms with Crippen LogP contribution in [0.2, 0.25) is 5.02 Å². The van der Waals surface area contributed by atoms with E-state index in [0.29, 0.717) is 10.6 Å². The lowest BCUT2D eigenvalue weighted by Crippen LogP contribution is -2.12. The molecule has 2 N–H and O–H groups in total. The van der Waals surface area contributed by atoms with Crippen LogP contribution in [0.3, 0.4) is 0 Å². The first-order valence-corrected chi connectivity index (χ1v) is 7.44. The van der Waals surface area contributed by atoms with Gasteiger partial charge >= 0.3 is 5.76 Å². The molecule has 108 valence electrons. The number of hydrogen-bond donors (Lipinski definition) is 1. The fraction of sp³-hybridized carbons (Fsp3) is 0.133. The van der Waals surface area contributed by atoms with E-state index in [1.165, 1.54) is 4.57 Å². The number of oxazole rings is 1. The molecule has 21 heavy (non-hydrogen) atoms. The van der Waals surface area contributed by atoms with E-state index in [2.05, 4.69) is 15.9 Å². The van der Waals surface area contributed by atoms with E-state index >= 15 is 0 Å². The molecule has 1 heterocycles. The Balaban J connectivity index is 2.11. The van der Waals surface area contributed by atoms with Crippen LogP contribution in [-0.2, 0) is 7.05 Å². The van der Waals surface area contributed by atoms with Gasteiger partial charge in [-0.2, -0.15) is 0 Å². The average molecular weight is 368 g/mol. The fourth-order valence-corrected chi connectivity index (χ4v) is 2.89. The molecule has 6 heteroatoms. The summed E-state index contributed by atoms with van der Waals surface area (Å²) in [5, 5.41) is 0.598. The second-order valence-corrected chi connectivity index (χ2v) is 6.12. The minimum Gasteiger partial charge on any atom is -0.408 e. The van der Waals surface area contributed by atoms with Gasteiger partial charge in [0.1, 0.15) is 0 Å². The maximum absolute atomic E-state index is 11.5. The van der Waals surface area contributed by atoms with Crippen molar-refractivity contribution in [1.29, 1.82) is 0 Å². The Labute approximate surface area is 134 Å². The highest BCUT2D eigenvalue weighted by atomic mass is 79.9. The van der Waals surface area contributed by atoms with Crippen LogP contribution in [0.25, 0.3) is 11.1 Å². The fourth-order valence-electron chi connectivity index (χ4n) is 2.28. The smallest absolute Gasteiger partial charge is 0.408 e. The van der Waals surface area contributed by atoms with E-state index in [-0.39, 0.29) is 0 Å². The first kappa shape index (κ1) is 14.4.